The molecular formula is C14H20S. The SMILES string of the molecule is CC(C)/C=C/c1ccc(/C=C/C(C)C)s1. The molecule has 0 saturated heterocycles. The number of thiophene rings is 1. The minimum Gasteiger partial charge on any atom is -0.137 e. The zero-order chi connectivity index (χ0) is 11.3. The van der Waals surface area contributed by atoms with Crippen LogP contribution in [-0.4, -0.2) is 0 Å². The Morgan fingerprint density at radius 1 is 0.867 bits per heavy atom. The lowest BCUT2D eigenvalue weighted by molar-refractivity contribution is 0.836. The van der Waals surface area contributed by atoms with Crippen LogP contribution in [0.25, 0.3) is 12.2 Å². The molecule has 0 fully saturated rings. The van der Waals surface area contributed by atoms with Gasteiger partial charge in [-0.15, -0.1) is 11.3 Å². The fourth-order valence-corrected chi connectivity index (χ4v) is 1.96. The minimum atomic E-state index is 0.627. The molecule has 0 aliphatic carbocycles. The summed E-state index contributed by atoms with van der Waals surface area (Å²) in [4.78, 5) is 2.68. The molecule has 1 aromatic rings. The van der Waals surface area contributed by atoms with Crippen LogP contribution in [0.4, 0.5) is 0 Å². The molecule has 1 rings (SSSR count). The predicted molar refractivity (Wildman–Crippen MR) is 72.1 cm³/mol. The third-order valence-corrected chi connectivity index (χ3v) is 2.95. The van der Waals surface area contributed by atoms with Crippen molar-refractivity contribution < 1.29 is 0 Å². The molecule has 0 aromatic carbocycles. The third-order valence-electron chi connectivity index (χ3n) is 1.94. The van der Waals surface area contributed by atoms with E-state index in [-0.39, 0.29) is 0 Å². The van der Waals surface area contributed by atoms with E-state index in [2.05, 4.69) is 64.1 Å². The number of hydrogen-bond donors (Lipinski definition) is 0. The zero-order valence-electron chi connectivity index (χ0n) is 10.0. The van der Waals surface area contributed by atoms with Gasteiger partial charge in [-0.3, -0.25) is 0 Å². The van der Waals surface area contributed by atoms with Crippen molar-refractivity contribution in [2.45, 2.75) is 27.7 Å². The largest absolute Gasteiger partial charge is 0.137 e. The van der Waals surface area contributed by atoms with E-state index in [0.29, 0.717) is 11.8 Å². The van der Waals surface area contributed by atoms with Crippen molar-refractivity contribution in [3.63, 3.8) is 0 Å². The molecule has 0 amide bonds. The van der Waals surface area contributed by atoms with Gasteiger partial charge in [0.25, 0.3) is 0 Å². The van der Waals surface area contributed by atoms with Gasteiger partial charge in [0, 0.05) is 9.75 Å². The Morgan fingerprint density at radius 3 is 1.60 bits per heavy atom. The van der Waals surface area contributed by atoms with Gasteiger partial charge in [-0.05, 0) is 36.1 Å². The zero-order valence-corrected chi connectivity index (χ0v) is 10.8. The molecule has 0 nitrogen and oxygen atoms in total. The van der Waals surface area contributed by atoms with Crippen LogP contribution in [-0.2, 0) is 0 Å². The van der Waals surface area contributed by atoms with Crippen LogP contribution < -0.4 is 0 Å². The van der Waals surface area contributed by atoms with Crippen LogP contribution in [0.15, 0.2) is 24.3 Å². The molecule has 0 saturated carbocycles. The highest BCUT2D eigenvalue weighted by Gasteiger charge is 1.94. The molecule has 0 bridgehead atoms. The fraction of sp³-hybridized carbons (Fsp3) is 0.429. The van der Waals surface area contributed by atoms with Gasteiger partial charge < -0.3 is 0 Å². The maximum atomic E-state index is 2.24. The van der Waals surface area contributed by atoms with E-state index >= 15 is 0 Å². The molecule has 0 spiro atoms. The minimum absolute atomic E-state index is 0.627. The smallest absolute Gasteiger partial charge is 0.0273 e. The van der Waals surface area contributed by atoms with E-state index in [9.17, 15) is 0 Å². The predicted octanol–water partition coefficient (Wildman–Crippen LogP) is 5.09. The van der Waals surface area contributed by atoms with E-state index in [1.165, 1.54) is 9.75 Å². The molecule has 0 unspecified atom stereocenters. The van der Waals surface area contributed by atoms with E-state index in [1.807, 2.05) is 11.3 Å². The first-order chi connectivity index (χ1) is 7.08. The lowest BCUT2D eigenvalue weighted by Gasteiger charge is -1.92. The molecule has 1 aromatic heterocycles. The summed E-state index contributed by atoms with van der Waals surface area (Å²) < 4.78 is 0. The quantitative estimate of drug-likeness (QED) is 0.663. The highest BCUT2D eigenvalue weighted by atomic mass is 32.1. The average Bonchev–Trinajstić information content (AvgIpc) is 2.59. The topological polar surface area (TPSA) is 0 Å². The normalized spacial score (nSPS) is 12.7. The Kier molecular flexibility index (Phi) is 4.83. The van der Waals surface area contributed by atoms with Crippen LogP contribution in [0.5, 0.6) is 0 Å². The lowest BCUT2D eigenvalue weighted by Crippen LogP contribution is -1.75. The van der Waals surface area contributed by atoms with Gasteiger partial charge in [0.05, 0.1) is 0 Å². The van der Waals surface area contributed by atoms with Gasteiger partial charge in [-0.2, -0.15) is 0 Å². The van der Waals surface area contributed by atoms with Crippen molar-refractivity contribution in [2.24, 2.45) is 11.8 Å². The third kappa shape index (κ3) is 4.98. The first kappa shape index (κ1) is 12.3. The first-order valence-electron chi connectivity index (χ1n) is 5.54. The highest BCUT2D eigenvalue weighted by molar-refractivity contribution is 7.13. The van der Waals surface area contributed by atoms with Crippen molar-refractivity contribution in [2.75, 3.05) is 0 Å². The summed E-state index contributed by atoms with van der Waals surface area (Å²) in [6.07, 6.45) is 8.90. The van der Waals surface area contributed by atoms with Gasteiger partial charge >= 0.3 is 0 Å². The maximum absolute atomic E-state index is 2.24. The Morgan fingerprint density at radius 2 is 1.27 bits per heavy atom. The fourth-order valence-electron chi connectivity index (χ4n) is 1.12. The van der Waals surface area contributed by atoms with Gasteiger partial charge in [-0.25, -0.2) is 0 Å². The van der Waals surface area contributed by atoms with Gasteiger partial charge in [0.2, 0.25) is 0 Å². The van der Waals surface area contributed by atoms with Crippen molar-refractivity contribution >= 4 is 23.5 Å². The van der Waals surface area contributed by atoms with Crippen LogP contribution in [0.3, 0.4) is 0 Å². The summed E-state index contributed by atoms with van der Waals surface area (Å²) in [6, 6.07) is 4.37. The van der Waals surface area contributed by atoms with Crippen LogP contribution in [0.1, 0.15) is 37.4 Å². The average molecular weight is 220 g/mol. The van der Waals surface area contributed by atoms with Crippen LogP contribution in [0.2, 0.25) is 0 Å². The summed E-state index contributed by atoms with van der Waals surface area (Å²) in [6.45, 7) is 8.79. The standard InChI is InChI=1S/C14H20S/c1-11(2)5-7-13-9-10-14(15-13)8-6-12(3)4/h5-12H,1-4H3/b7-5+,8-6+. The molecule has 15 heavy (non-hydrogen) atoms. The van der Waals surface area contributed by atoms with Gasteiger partial charge in [0.1, 0.15) is 0 Å². The van der Waals surface area contributed by atoms with Crippen molar-refractivity contribution in [3.8, 4) is 0 Å². The second-order valence-corrected chi connectivity index (χ2v) is 5.59. The van der Waals surface area contributed by atoms with E-state index in [1.54, 1.807) is 0 Å². The maximum Gasteiger partial charge on any atom is 0.0273 e. The Bertz CT molecular complexity index is 307. The Labute approximate surface area is 97.3 Å². The van der Waals surface area contributed by atoms with Crippen LogP contribution >= 0.6 is 11.3 Å². The first-order valence-corrected chi connectivity index (χ1v) is 6.36. The number of allylic oxidation sites excluding steroid dienone is 2. The molecule has 1 heteroatoms. The second-order valence-electron chi connectivity index (χ2n) is 4.45. The second kappa shape index (κ2) is 5.92. The van der Waals surface area contributed by atoms with Gasteiger partial charge in [-0.1, -0.05) is 39.8 Å². The molecule has 0 N–H and O–H groups in total. The molecule has 0 radical (unpaired) electrons. The summed E-state index contributed by atoms with van der Waals surface area (Å²) in [5.41, 5.74) is 0. The number of rotatable bonds is 4. The summed E-state index contributed by atoms with van der Waals surface area (Å²) in [5, 5.41) is 0. The molecule has 0 atom stereocenters. The van der Waals surface area contributed by atoms with E-state index < -0.39 is 0 Å². The molecular weight excluding hydrogens is 200 g/mol. The summed E-state index contributed by atoms with van der Waals surface area (Å²) >= 11 is 1.84. The Hall–Kier alpha value is -0.820. The van der Waals surface area contributed by atoms with Crippen molar-refractivity contribution in [1.29, 1.82) is 0 Å². The van der Waals surface area contributed by atoms with E-state index in [4.69, 9.17) is 0 Å². The summed E-state index contributed by atoms with van der Waals surface area (Å²) in [7, 11) is 0. The van der Waals surface area contributed by atoms with Gasteiger partial charge in [0.15, 0.2) is 0 Å². The van der Waals surface area contributed by atoms with E-state index in [0.717, 1.165) is 0 Å². The molecule has 82 valence electrons. The summed E-state index contributed by atoms with van der Waals surface area (Å²) in [5.74, 6) is 1.25. The van der Waals surface area contributed by atoms with Crippen molar-refractivity contribution in [1.82, 2.24) is 0 Å². The van der Waals surface area contributed by atoms with Crippen molar-refractivity contribution in [3.05, 3.63) is 34.0 Å². The lowest BCUT2D eigenvalue weighted by atomic mass is 10.2. The molecule has 0 aliphatic rings. The number of hydrogen-bond acceptors (Lipinski definition) is 1. The monoisotopic (exact) mass is 220 g/mol. The highest BCUT2D eigenvalue weighted by Crippen LogP contribution is 2.20. The van der Waals surface area contributed by atoms with Crippen LogP contribution in [0, 0.1) is 11.8 Å². The molecule has 0 aliphatic heterocycles. The Balaban J connectivity index is 2.64. The molecule has 1 heterocycles.